The summed E-state index contributed by atoms with van der Waals surface area (Å²) < 4.78 is 14.7. The van der Waals surface area contributed by atoms with E-state index in [9.17, 15) is 9.18 Å². The van der Waals surface area contributed by atoms with Crippen molar-refractivity contribution >= 4 is 33.3 Å². The molecule has 1 nitrogen and oxygen atoms in total. The Morgan fingerprint density at radius 3 is 2.47 bits per heavy atom. The summed E-state index contributed by atoms with van der Waals surface area (Å²) in [6, 6.07) is 7.98. The fraction of sp³-hybridized carbons (Fsp3) is 0.133. The third kappa shape index (κ3) is 2.88. The summed E-state index contributed by atoms with van der Waals surface area (Å²) in [6.45, 7) is 3.52. The Hall–Kier alpha value is -1.19. The first kappa shape index (κ1) is 14.2. The molecule has 0 spiro atoms. The van der Waals surface area contributed by atoms with Crippen molar-refractivity contribution < 1.29 is 9.18 Å². The van der Waals surface area contributed by atoms with Crippen molar-refractivity contribution in [3.63, 3.8) is 0 Å². The Balaban J connectivity index is 2.53. The minimum atomic E-state index is -0.499. The lowest BCUT2D eigenvalue weighted by atomic mass is 9.97. The number of ketones is 1. The molecule has 0 atom stereocenters. The maximum absolute atomic E-state index is 14.0. The Bertz CT molecular complexity index is 644. The molecule has 0 aromatic heterocycles. The van der Waals surface area contributed by atoms with Gasteiger partial charge in [0.15, 0.2) is 5.78 Å². The molecule has 2 aromatic rings. The molecule has 0 saturated carbocycles. The van der Waals surface area contributed by atoms with Crippen LogP contribution >= 0.6 is 27.5 Å². The summed E-state index contributed by atoms with van der Waals surface area (Å²) in [5.74, 6) is -0.856. The first-order valence-electron chi connectivity index (χ1n) is 5.66. The van der Waals surface area contributed by atoms with Crippen LogP contribution in [0.5, 0.6) is 0 Å². The minimum Gasteiger partial charge on any atom is -0.288 e. The number of carbonyl (C=O) groups is 1. The smallest absolute Gasteiger partial charge is 0.196 e. The molecule has 0 radical (unpaired) electrons. The van der Waals surface area contributed by atoms with Crippen LogP contribution in [0, 0.1) is 19.7 Å². The fourth-order valence-corrected chi connectivity index (χ4v) is 2.41. The molecular weight excluding hydrogens is 331 g/mol. The van der Waals surface area contributed by atoms with Crippen molar-refractivity contribution in [3.8, 4) is 0 Å². The van der Waals surface area contributed by atoms with Crippen LogP contribution in [0.15, 0.2) is 34.8 Å². The zero-order valence-electron chi connectivity index (χ0n) is 10.4. The van der Waals surface area contributed by atoms with Gasteiger partial charge in [0.25, 0.3) is 0 Å². The Morgan fingerprint density at radius 2 is 1.89 bits per heavy atom. The van der Waals surface area contributed by atoms with E-state index < -0.39 is 5.82 Å². The molecule has 0 fully saturated rings. The van der Waals surface area contributed by atoms with E-state index >= 15 is 0 Å². The molecule has 2 rings (SSSR count). The second kappa shape index (κ2) is 5.43. The predicted octanol–water partition coefficient (Wildman–Crippen LogP) is 5.09. The molecule has 0 saturated heterocycles. The highest BCUT2D eigenvalue weighted by atomic mass is 79.9. The topological polar surface area (TPSA) is 17.1 Å². The molecule has 0 heterocycles. The van der Waals surface area contributed by atoms with E-state index in [1.165, 1.54) is 12.1 Å². The van der Waals surface area contributed by atoms with Gasteiger partial charge >= 0.3 is 0 Å². The molecule has 2 aromatic carbocycles. The maximum Gasteiger partial charge on any atom is 0.196 e. The Kier molecular flexibility index (Phi) is 4.07. The van der Waals surface area contributed by atoms with Crippen molar-refractivity contribution in [1.29, 1.82) is 0 Å². The molecule has 98 valence electrons. The average Bonchev–Trinajstić information content (AvgIpc) is 2.31. The highest BCUT2D eigenvalue weighted by Crippen LogP contribution is 2.26. The summed E-state index contributed by atoms with van der Waals surface area (Å²) in [7, 11) is 0. The van der Waals surface area contributed by atoms with Gasteiger partial charge in [0.1, 0.15) is 5.82 Å². The molecule has 0 bridgehead atoms. The SMILES string of the molecule is Cc1cc(C)c(C(=O)c2ccc(Br)c(Cl)c2)c(F)c1. The summed E-state index contributed by atoms with van der Waals surface area (Å²) in [4.78, 5) is 12.3. The quantitative estimate of drug-likeness (QED) is 0.695. The van der Waals surface area contributed by atoms with E-state index in [0.29, 0.717) is 20.6 Å². The van der Waals surface area contributed by atoms with Crippen LogP contribution in [0.2, 0.25) is 5.02 Å². The first-order chi connectivity index (χ1) is 8.90. The van der Waals surface area contributed by atoms with Gasteiger partial charge in [-0.1, -0.05) is 17.7 Å². The highest BCUT2D eigenvalue weighted by Gasteiger charge is 2.17. The second-order valence-corrected chi connectivity index (χ2v) is 5.66. The van der Waals surface area contributed by atoms with Crippen LogP contribution in [0.4, 0.5) is 4.39 Å². The van der Waals surface area contributed by atoms with Gasteiger partial charge < -0.3 is 0 Å². The summed E-state index contributed by atoms with van der Waals surface area (Å²) >= 11 is 9.21. The van der Waals surface area contributed by atoms with Crippen molar-refractivity contribution in [2.75, 3.05) is 0 Å². The lowest BCUT2D eigenvalue weighted by molar-refractivity contribution is 0.103. The molecule has 4 heteroatoms. The van der Waals surface area contributed by atoms with Crippen molar-refractivity contribution in [3.05, 3.63) is 67.9 Å². The number of hydrogen-bond donors (Lipinski definition) is 0. The van der Waals surface area contributed by atoms with Gasteiger partial charge in [0.2, 0.25) is 0 Å². The maximum atomic E-state index is 14.0. The van der Waals surface area contributed by atoms with Crippen LogP contribution in [0.25, 0.3) is 0 Å². The molecule has 0 amide bonds. The van der Waals surface area contributed by atoms with Gasteiger partial charge in [0, 0.05) is 10.0 Å². The van der Waals surface area contributed by atoms with Crippen LogP contribution in [0.3, 0.4) is 0 Å². The average molecular weight is 342 g/mol. The molecule has 19 heavy (non-hydrogen) atoms. The van der Waals surface area contributed by atoms with E-state index in [4.69, 9.17) is 11.6 Å². The lowest BCUT2D eigenvalue weighted by Crippen LogP contribution is -2.07. The summed E-state index contributed by atoms with van der Waals surface area (Å²) in [5.41, 5.74) is 1.89. The van der Waals surface area contributed by atoms with E-state index in [2.05, 4.69) is 15.9 Å². The normalized spacial score (nSPS) is 10.6. The number of halogens is 3. The third-order valence-corrected chi connectivity index (χ3v) is 4.07. The van der Waals surface area contributed by atoms with Crippen LogP contribution in [-0.2, 0) is 0 Å². The standard InChI is InChI=1S/C15H11BrClFO/c1-8-5-9(2)14(13(18)6-8)15(19)10-3-4-11(16)12(17)7-10/h3-7H,1-2H3. The van der Waals surface area contributed by atoms with Crippen LogP contribution < -0.4 is 0 Å². The van der Waals surface area contributed by atoms with Gasteiger partial charge in [-0.2, -0.15) is 0 Å². The number of benzene rings is 2. The Morgan fingerprint density at radius 1 is 1.21 bits per heavy atom. The molecule has 0 unspecified atom stereocenters. The molecular formula is C15H11BrClFO. The molecule has 0 N–H and O–H groups in total. The monoisotopic (exact) mass is 340 g/mol. The Labute approximate surface area is 124 Å². The summed E-state index contributed by atoms with van der Waals surface area (Å²) in [5, 5.41) is 0.427. The zero-order chi connectivity index (χ0) is 14.2. The molecule has 0 aliphatic heterocycles. The predicted molar refractivity (Wildman–Crippen MR) is 78.5 cm³/mol. The number of hydrogen-bond acceptors (Lipinski definition) is 1. The highest BCUT2D eigenvalue weighted by molar-refractivity contribution is 9.10. The van der Waals surface area contributed by atoms with Crippen molar-refractivity contribution in [2.45, 2.75) is 13.8 Å². The van der Waals surface area contributed by atoms with E-state index in [1.807, 2.05) is 0 Å². The van der Waals surface area contributed by atoms with Crippen molar-refractivity contribution in [1.82, 2.24) is 0 Å². The van der Waals surface area contributed by atoms with Gasteiger partial charge in [-0.3, -0.25) is 4.79 Å². The van der Waals surface area contributed by atoms with Gasteiger partial charge in [-0.05, 0) is 65.2 Å². The van der Waals surface area contributed by atoms with E-state index in [0.717, 1.165) is 5.56 Å². The minimum absolute atomic E-state index is 0.101. The van der Waals surface area contributed by atoms with Crippen LogP contribution in [0.1, 0.15) is 27.0 Å². The van der Waals surface area contributed by atoms with Gasteiger partial charge in [0.05, 0.1) is 10.6 Å². The molecule has 0 aliphatic carbocycles. The van der Waals surface area contributed by atoms with Gasteiger partial charge in [-0.25, -0.2) is 4.39 Å². The van der Waals surface area contributed by atoms with Crippen molar-refractivity contribution in [2.24, 2.45) is 0 Å². The second-order valence-electron chi connectivity index (χ2n) is 4.40. The lowest BCUT2D eigenvalue weighted by Gasteiger charge is -2.08. The van der Waals surface area contributed by atoms with Gasteiger partial charge in [-0.15, -0.1) is 0 Å². The zero-order valence-corrected chi connectivity index (χ0v) is 12.8. The number of carbonyl (C=O) groups excluding carboxylic acids is 1. The largest absolute Gasteiger partial charge is 0.288 e. The van der Waals surface area contributed by atoms with E-state index in [-0.39, 0.29) is 11.3 Å². The fourth-order valence-electron chi connectivity index (χ4n) is 1.98. The van der Waals surface area contributed by atoms with Crippen LogP contribution in [-0.4, -0.2) is 5.78 Å². The third-order valence-electron chi connectivity index (χ3n) is 2.84. The van der Waals surface area contributed by atoms with E-state index in [1.54, 1.807) is 32.0 Å². The number of aryl methyl sites for hydroxylation is 2. The summed E-state index contributed by atoms with van der Waals surface area (Å²) in [6.07, 6.45) is 0. The molecule has 0 aliphatic rings. The first-order valence-corrected chi connectivity index (χ1v) is 6.83. The number of rotatable bonds is 2.